The largest absolute Gasteiger partial charge is 0.418 e. The lowest BCUT2D eigenvalue weighted by Gasteiger charge is -2.43. The summed E-state index contributed by atoms with van der Waals surface area (Å²) in [5, 5.41) is 5.20. The summed E-state index contributed by atoms with van der Waals surface area (Å²) in [6.45, 7) is 0. The Morgan fingerprint density at radius 3 is 2.17 bits per heavy atom. The van der Waals surface area contributed by atoms with Gasteiger partial charge in [-0.05, 0) is 37.0 Å². The molecule has 0 unspecified atom stereocenters. The van der Waals surface area contributed by atoms with Crippen molar-refractivity contribution in [2.75, 3.05) is 5.32 Å². The zero-order valence-electron chi connectivity index (χ0n) is 12.9. The highest BCUT2D eigenvalue weighted by molar-refractivity contribution is 5.91. The fourth-order valence-corrected chi connectivity index (χ4v) is 2.98. The van der Waals surface area contributed by atoms with Gasteiger partial charge in [0.25, 0.3) is 0 Å². The average molecular weight is 334 g/mol. The molecule has 3 nitrogen and oxygen atoms in total. The number of carbonyl (C=O) groups excluding carboxylic acids is 1. The van der Waals surface area contributed by atoms with Crippen molar-refractivity contribution in [3.8, 4) is 0 Å². The summed E-state index contributed by atoms with van der Waals surface area (Å²) in [4.78, 5) is 12.3. The Balaban J connectivity index is 1.77. The van der Waals surface area contributed by atoms with Gasteiger partial charge >= 0.3 is 12.2 Å². The molecule has 2 amide bonds. The molecule has 2 aromatic carbocycles. The van der Waals surface area contributed by atoms with Crippen molar-refractivity contribution in [3.63, 3.8) is 0 Å². The van der Waals surface area contributed by atoms with E-state index in [0.717, 1.165) is 30.9 Å². The molecule has 1 saturated carbocycles. The maximum absolute atomic E-state index is 13.0. The van der Waals surface area contributed by atoms with Gasteiger partial charge in [-0.25, -0.2) is 4.79 Å². The summed E-state index contributed by atoms with van der Waals surface area (Å²) < 4.78 is 39.0. The Bertz CT molecular complexity index is 725. The van der Waals surface area contributed by atoms with Gasteiger partial charge in [-0.3, -0.25) is 0 Å². The van der Waals surface area contributed by atoms with Gasteiger partial charge in [0.15, 0.2) is 0 Å². The summed E-state index contributed by atoms with van der Waals surface area (Å²) in [5.41, 5.74) is -0.638. The minimum Gasteiger partial charge on any atom is -0.328 e. The van der Waals surface area contributed by atoms with E-state index in [2.05, 4.69) is 10.6 Å². The molecule has 0 saturated heterocycles. The lowest BCUT2D eigenvalue weighted by Crippen LogP contribution is -2.52. The van der Waals surface area contributed by atoms with Gasteiger partial charge in [-0.15, -0.1) is 0 Å². The summed E-state index contributed by atoms with van der Waals surface area (Å²) in [6, 6.07) is 13.8. The van der Waals surface area contributed by atoms with Crippen LogP contribution in [0.5, 0.6) is 0 Å². The molecule has 2 N–H and O–H groups in total. The Hall–Kier alpha value is -2.50. The van der Waals surface area contributed by atoms with E-state index in [9.17, 15) is 18.0 Å². The van der Waals surface area contributed by atoms with Crippen LogP contribution >= 0.6 is 0 Å². The van der Waals surface area contributed by atoms with E-state index in [4.69, 9.17) is 0 Å². The minimum absolute atomic E-state index is 0.245. The number of benzene rings is 2. The first kappa shape index (κ1) is 16.4. The van der Waals surface area contributed by atoms with E-state index in [-0.39, 0.29) is 5.69 Å². The average Bonchev–Trinajstić information content (AvgIpc) is 2.51. The smallest absolute Gasteiger partial charge is 0.328 e. The van der Waals surface area contributed by atoms with Crippen LogP contribution in [-0.4, -0.2) is 6.03 Å². The molecule has 0 aromatic heterocycles. The number of alkyl halides is 3. The molecular weight excluding hydrogens is 317 g/mol. The van der Waals surface area contributed by atoms with Gasteiger partial charge in [0.05, 0.1) is 16.8 Å². The van der Waals surface area contributed by atoms with Crippen LogP contribution in [0.4, 0.5) is 23.7 Å². The molecule has 0 aliphatic heterocycles. The first-order valence-electron chi connectivity index (χ1n) is 7.72. The third-order valence-corrected chi connectivity index (χ3v) is 4.37. The highest BCUT2D eigenvalue weighted by atomic mass is 19.4. The van der Waals surface area contributed by atoms with Gasteiger partial charge in [0, 0.05) is 0 Å². The molecular formula is C18H17F3N2O. The number of amides is 2. The molecule has 0 spiro atoms. The number of carbonyl (C=O) groups is 1. The number of halogens is 3. The Morgan fingerprint density at radius 1 is 0.958 bits per heavy atom. The van der Waals surface area contributed by atoms with Crippen LogP contribution in [0.25, 0.3) is 0 Å². The molecule has 0 bridgehead atoms. The molecule has 3 rings (SSSR count). The van der Waals surface area contributed by atoms with Crippen molar-refractivity contribution in [3.05, 3.63) is 65.7 Å². The van der Waals surface area contributed by atoms with E-state index in [1.54, 1.807) is 0 Å². The predicted molar refractivity (Wildman–Crippen MR) is 85.6 cm³/mol. The van der Waals surface area contributed by atoms with Gasteiger partial charge in [-0.1, -0.05) is 42.5 Å². The summed E-state index contributed by atoms with van der Waals surface area (Å²) in [5.74, 6) is 0. The maximum Gasteiger partial charge on any atom is 0.418 e. The SMILES string of the molecule is O=C(Nc1ccccc1C(F)(F)F)NC1(c2ccccc2)CCC1. The zero-order valence-corrected chi connectivity index (χ0v) is 12.9. The third kappa shape index (κ3) is 3.22. The van der Waals surface area contributed by atoms with E-state index in [1.165, 1.54) is 18.2 Å². The van der Waals surface area contributed by atoms with Crippen LogP contribution in [0.15, 0.2) is 54.6 Å². The fraction of sp³-hybridized carbons (Fsp3) is 0.278. The second kappa shape index (κ2) is 6.19. The molecule has 126 valence electrons. The van der Waals surface area contributed by atoms with Crippen LogP contribution in [0.1, 0.15) is 30.4 Å². The number of anilines is 1. The van der Waals surface area contributed by atoms with Gasteiger partial charge < -0.3 is 10.6 Å². The Labute approximate surface area is 137 Å². The Kier molecular flexibility index (Phi) is 4.22. The van der Waals surface area contributed by atoms with Crippen LogP contribution in [-0.2, 0) is 11.7 Å². The van der Waals surface area contributed by atoms with Gasteiger partial charge in [0.1, 0.15) is 0 Å². The quantitative estimate of drug-likeness (QED) is 0.823. The second-order valence-electron chi connectivity index (χ2n) is 5.92. The van der Waals surface area contributed by atoms with Crippen LogP contribution < -0.4 is 10.6 Å². The number of rotatable bonds is 3. The molecule has 1 aliphatic rings. The molecule has 1 aliphatic carbocycles. The van der Waals surface area contributed by atoms with Crippen molar-refractivity contribution in [2.45, 2.75) is 31.0 Å². The predicted octanol–water partition coefficient (Wildman–Crippen LogP) is 4.91. The molecule has 1 fully saturated rings. The van der Waals surface area contributed by atoms with E-state index in [0.29, 0.717) is 0 Å². The molecule has 2 aromatic rings. The molecule has 0 radical (unpaired) electrons. The van der Waals surface area contributed by atoms with E-state index < -0.39 is 23.3 Å². The number of hydrogen-bond donors (Lipinski definition) is 2. The molecule has 0 heterocycles. The lowest BCUT2D eigenvalue weighted by atomic mass is 9.72. The van der Waals surface area contributed by atoms with E-state index >= 15 is 0 Å². The van der Waals surface area contributed by atoms with Crippen LogP contribution in [0.3, 0.4) is 0 Å². The number of nitrogens with one attached hydrogen (secondary N) is 2. The van der Waals surface area contributed by atoms with E-state index in [1.807, 2.05) is 30.3 Å². The summed E-state index contributed by atoms with van der Waals surface area (Å²) in [6.07, 6.45) is -2.01. The van der Waals surface area contributed by atoms with Crippen molar-refractivity contribution in [1.29, 1.82) is 0 Å². The lowest BCUT2D eigenvalue weighted by molar-refractivity contribution is -0.136. The van der Waals surface area contributed by atoms with Crippen molar-refractivity contribution >= 4 is 11.7 Å². The highest BCUT2D eigenvalue weighted by Crippen LogP contribution is 2.41. The molecule has 6 heteroatoms. The third-order valence-electron chi connectivity index (χ3n) is 4.37. The number of urea groups is 1. The monoisotopic (exact) mass is 334 g/mol. The maximum atomic E-state index is 13.0. The van der Waals surface area contributed by atoms with Crippen molar-refractivity contribution < 1.29 is 18.0 Å². The van der Waals surface area contributed by atoms with Gasteiger partial charge in [-0.2, -0.15) is 13.2 Å². The van der Waals surface area contributed by atoms with Crippen LogP contribution in [0.2, 0.25) is 0 Å². The highest BCUT2D eigenvalue weighted by Gasteiger charge is 2.40. The minimum atomic E-state index is -4.52. The fourth-order valence-electron chi connectivity index (χ4n) is 2.98. The zero-order chi connectivity index (χ0) is 17.2. The van der Waals surface area contributed by atoms with Gasteiger partial charge in [0.2, 0.25) is 0 Å². The standard InChI is InChI=1S/C18H17F3N2O/c19-18(20,21)14-9-4-5-10-15(14)22-16(24)23-17(11-6-12-17)13-7-2-1-3-8-13/h1-5,7-10H,6,11-12H2,(H2,22,23,24). The van der Waals surface area contributed by atoms with Crippen molar-refractivity contribution in [2.24, 2.45) is 0 Å². The molecule has 0 atom stereocenters. The summed E-state index contributed by atoms with van der Waals surface area (Å²) in [7, 11) is 0. The second-order valence-corrected chi connectivity index (χ2v) is 5.92. The van der Waals surface area contributed by atoms with Crippen LogP contribution in [0, 0.1) is 0 Å². The Morgan fingerprint density at radius 2 is 1.58 bits per heavy atom. The normalized spacial score (nSPS) is 16.1. The first-order valence-corrected chi connectivity index (χ1v) is 7.72. The molecule has 24 heavy (non-hydrogen) atoms. The topological polar surface area (TPSA) is 41.1 Å². The number of para-hydroxylation sites is 1. The first-order chi connectivity index (χ1) is 11.4. The summed E-state index contributed by atoms with van der Waals surface area (Å²) >= 11 is 0. The van der Waals surface area contributed by atoms with Crippen molar-refractivity contribution in [1.82, 2.24) is 5.32 Å². The number of hydrogen-bond acceptors (Lipinski definition) is 1.